The van der Waals surface area contributed by atoms with Crippen LogP contribution in [0.5, 0.6) is 0 Å². The Labute approximate surface area is 230 Å². The number of alkyl halides is 3. The first-order valence-corrected chi connectivity index (χ1v) is 14.8. The van der Waals surface area contributed by atoms with E-state index in [4.69, 9.17) is 19.4 Å². The van der Waals surface area contributed by atoms with Crippen molar-refractivity contribution in [3.05, 3.63) is 39.3 Å². The van der Waals surface area contributed by atoms with E-state index in [9.17, 15) is 21.6 Å². The average molecular weight is 646 g/mol. The number of rotatable bonds is 8. The highest BCUT2D eigenvalue weighted by atomic mass is 79.9. The monoisotopic (exact) mass is 644 g/mol. The van der Waals surface area contributed by atoms with Gasteiger partial charge in [0.1, 0.15) is 4.90 Å². The number of piperazine rings is 1. The molecule has 0 aliphatic carbocycles. The van der Waals surface area contributed by atoms with E-state index < -0.39 is 28.2 Å². The molecular weight excluding hydrogens is 617 g/mol. The molecule has 38 heavy (non-hydrogen) atoms. The summed E-state index contributed by atoms with van der Waals surface area (Å²) in [4.78, 5) is 18.0. The number of aliphatic carboxylic acids is 1. The highest BCUT2D eigenvalue weighted by Crippen LogP contribution is 2.30. The summed E-state index contributed by atoms with van der Waals surface area (Å²) in [6.07, 6.45) is -5.35. The molecule has 4 rings (SSSR count). The van der Waals surface area contributed by atoms with Crippen molar-refractivity contribution in [1.82, 2.24) is 14.6 Å². The Hall–Kier alpha value is -1.82. The summed E-state index contributed by atoms with van der Waals surface area (Å²) in [5, 5.41) is 9.19. The molecule has 0 saturated carbocycles. The molecule has 10 nitrogen and oxygen atoms in total. The Balaban J connectivity index is 0.000000505. The van der Waals surface area contributed by atoms with Crippen LogP contribution in [-0.2, 0) is 30.8 Å². The number of sulfonamides is 1. The van der Waals surface area contributed by atoms with Gasteiger partial charge in [0.2, 0.25) is 10.0 Å². The van der Waals surface area contributed by atoms with Crippen molar-refractivity contribution in [2.45, 2.75) is 36.7 Å². The summed E-state index contributed by atoms with van der Waals surface area (Å²) in [5.41, 5.74) is 3.64. The number of halogens is 4. The van der Waals surface area contributed by atoms with Gasteiger partial charge < -0.3 is 19.5 Å². The Morgan fingerprint density at radius 2 is 1.97 bits per heavy atom. The minimum absolute atomic E-state index is 0.270. The summed E-state index contributed by atoms with van der Waals surface area (Å²) >= 11 is 5.10. The van der Waals surface area contributed by atoms with Gasteiger partial charge in [-0.25, -0.2) is 22.9 Å². The highest BCUT2D eigenvalue weighted by Gasteiger charge is 2.38. The third-order valence-corrected chi connectivity index (χ3v) is 8.42. The molecule has 1 aromatic heterocycles. The van der Waals surface area contributed by atoms with Crippen molar-refractivity contribution in [2.75, 3.05) is 50.9 Å². The summed E-state index contributed by atoms with van der Waals surface area (Å²) in [6.45, 7) is 7.13. The Kier molecular flexibility index (Phi) is 10.9. The fourth-order valence-electron chi connectivity index (χ4n) is 3.94. The third kappa shape index (κ3) is 8.59. The molecule has 0 amide bonds. The summed E-state index contributed by atoms with van der Waals surface area (Å²) in [6, 6.07) is 4.92. The number of hydrogen-bond donors (Lipinski definition) is 2. The number of nitrogens with zero attached hydrogens (tertiary/aromatic N) is 3. The quantitative estimate of drug-likeness (QED) is 0.447. The smallest absolute Gasteiger partial charge is 0.475 e. The lowest BCUT2D eigenvalue weighted by Gasteiger charge is -2.36. The zero-order valence-corrected chi connectivity index (χ0v) is 23.6. The maximum absolute atomic E-state index is 13.3. The van der Waals surface area contributed by atoms with Crippen molar-refractivity contribution in [1.29, 1.82) is 0 Å². The van der Waals surface area contributed by atoms with Gasteiger partial charge >= 0.3 is 12.1 Å². The van der Waals surface area contributed by atoms with Crippen LogP contribution < -0.4 is 9.62 Å². The molecule has 0 unspecified atom stereocenters. The molecule has 16 heteroatoms. The van der Waals surface area contributed by atoms with Crippen molar-refractivity contribution < 1.29 is 41.0 Å². The van der Waals surface area contributed by atoms with Crippen LogP contribution >= 0.6 is 27.3 Å². The van der Waals surface area contributed by atoms with Crippen molar-refractivity contribution in [3.8, 4) is 0 Å². The predicted octanol–water partition coefficient (Wildman–Crippen LogP) is 2.94. The molecule has 2 fully saturated rings. The molecule has 212 valence electrons. The fourth-order valence-corrected chi connectivity index (χ4v) is 6.30. The number of hydrogen-bond acceptors (Lipinski definition) is 9. The van der Waals surface area contributed by atoms with E-state index >= 15 is 0 Å². The average Bonchev–Trinajstić information content (AvgIpc) is 3.51. The van der Waals surface area contributed by atoms with Gasteiger partial charge in [0.25, 0.3) is 0 Å². The standard InChI is InChI=1S/C20H27BrN4O4S2.C2HF3O2/c1-2-29-19-12-28-11-17(19)23-31(26,27)20-4-3-15(21)9-18(20)25-7-5-24(6-8-25)10-16-13-30-14-22-16;3-2(4,5)1(6)7/h3-4,9,13-14,17,19,23H,2,5-8,10-12H2,1H3;(H,6,7)/t17-,19-;/m1./s1. The fraction of sp³-hybridized carbons (Fsp3) is 0.545. The molecule has 1 aromatic carbocycles. The second-order valence-corrected chi connectivity index (χ2v) is 11.7. The first-order valence-electron chi connectivity index (χ1n) is 11.6. The number of carboxylic acids is 1. The van der Waals surface area contributed by atoms with E-state index in [0.717, 1.165) is 42.9 Å². The van der Waals surface area contributed by atoms with Gasteiger partial charge in [-0.2, -0.15) is 13.2 Å². The van der Waals surface area contributed by atoms with E-state index in [0.29, 0.717) is 25.5 Å². The number of benzene rings is 1. The number of nitrogens with one attached hydrogen (secondary N) is 1. The van der Waals surface area contributed by atoms with Crippen LogP contribution in [0.3, 0.4) is 0 Å². The van der Waals surface area contributed by atoms with E-state index in [2.05, 4.69) is 40.8 Å². The van der Waals surface area contributed by atoms with E-state index in [1.807, 2.05) is 18.5 Å². The van der Waals surface area contributed by atoms with Gasteiger partial charge in [-0.15, -0.1) is 11.3 Å². The summed E-state index contributed by atoms with van der Waals surface area (Å²) < 4.78 is 73.1. The normalized spacial score (nSPS) is 20.7. The molecule has 2 aliphatic rings. The summed E-state index contributed by atoms with van der Waals surface area (Å²) in [5.74, 6) is -2.76. The largest absolute Gasteiger partial charge is 0.490 e. The number of aromatic nitrogens is 1. The van der Waals surface area contributed by atoms with Gasteiger partial charge in [-0.05, 0) is 25.1 Å². The van der Waals surface area contributed by atoms with Gasteiger partial charge in [0.05, 0.1) is 42.3 Å². The molecule has 2 aromatic rings. The molecule has 2 atom stereocenters. The van der Waals surface area contributed by atoms with Crippen LogP contribution in [0.1, 0.15) is 12.6 Å². The third-order valence-electron chi connectivity index (χ3n) is 5.75. The molecular formula is C22H28BrF3N4O6S2. The zero-order valence-electron chi connectivity index (χ0n) is 20.4. The van der Waals surface area contributed by atoms with Crippen LogP contribution in [0.4, 0.5) is 18.9 Å². The van der Waals surface area contributed by atoms with Crippen molar-refractivity contribution >= 4 is 48.9 Å². The number of ether oxygens (including phenoxy) is 2. The summed E-state index contributed by atoms with van der Waals surface area (Å²) in [7, 11) is -3.74. The molecule has 2 N–H and O–H groups in total. The van der Waals surface area contributed by atoms with E-state index in [-0.39, 0.29) is 11.0 Å². The number of anilines is 1. The van der Waals surface area contributed by atoms with Gasteiger partial charge in [-0.3, -0.25) is 4.90 Å². The van der Waals surface area contributed by atoms with Gasteiger partial charge in [0, 0.05) is 49.2 Å². The lowest BCUT2D eigenvalue weighted by molar-refractivity contribution is -0.192. The zero-order chi connectivity index (χ0) is 27.9. The van der Waals surface area contributed by atoms with Gasteiger partial charge in [0.15, 0.2) is 0 Å². The molecule has 0 radical (unpaired) electrons. The Morgan fingerprint density at radius 1 is 1.29 bits per heavy atom. The molecule has 2 saturated heterocycles. The lowest BCUT2D eigenvalue weighted by atomic mass is 10.2. The molecule has 3 heterocycles. The first kappa shape index (κ1) is 30.7. The second kappa shape index (κ2) is 13.5. The minimum Gasteiger partial charge on any atom is -0.475 e. The Morgan fingerprint density at radius 3 is 2.55 bits per heavy atom. The molecule has 2 aliphatic heterocycles. The lowest BCUT2D eigenvalue weighted by Crippen LogP contribution is -2.47. The first-order chi connectivity index (χ1) is 17.9. The van der Waals surface area contributed by atoms with Crippen LogP contribution in [0.2, 0.25) is 0 Å². The number of thiazole rings is 1. The van der Waals surface area contributed by atoms with Crippen molar-refractivity contribution in [2.24, 2.45) is 0 Å². The number of carbonyl (C=O) groups is 1. The van der Waals surface area contributed by atoms with E-state index in [1.54, 1.807) is 23.5 Å². The number of carboxylic acid groups (broad SMARTS) is 1. The maximum atomic E-state index is 13.3. The molecule has 0 spiro atoms. The highest BCUT2D eigenvalue weighted by molar-refractivity contribution is 9.10. The predicted molar refractivity (Wildman–Crippen MR) is 138 cm³/mol. The van der Waals surface area contributed by atoms with Crippen LogP contribution in [0.15, 0.2) is 38.5 Å². The Bertz CT molecular complexity index is 1160. The molecule has 0 bridgehead atoms. The van der Waals surface area contributed by atoms with Crippen LogP contribution in [0, 0.1) is 0 Å². The topological polar surface area (TPSA) is 121 Å². The van der Waals surface area contributed by atoms with Crippen molar-refractivity contribution in [3.63, 3.8) is 0 Å². The van der Waals surface area contributed by atoms with E-state index in [1.165, 1.54) is 0 Å². The van der Waals surface area contributed by atoms with Crippen LogP contribution in [0.25, 0.3) is 0 Å². The maximum Gasteiger partial charge on any atom is 0.490 e. The minimum atomic E-state index is -5.08. The SMILES string of the molecule is CCO[C@@H]1COC[C@H]1NS(=O)(=O)c1ccc(Br)cc1N1CCN(Cc2cscn2)CC1.O=C(O)C(F)(F)F. The van der Waals surface area contributed by atoms with Gasteiger partial charge in [-0.1, -0.05) is 15.9 Å². The van der Waals surface area contributed by atoms with Crippen LogP contribution in [-0.4, -0.2) is 93.7 Å². The second-order valence-electron chi connectivity index (χ2n) is 8.42.